The Labute approximate surface area is 134 Å². The maximum Gasteiger partial charge on any atom is 0.151 e. The quantitative estimate of drug-likeness (QED) is 0.770. The van der Waals surface area contributed by atoms with Gasteiger partial charge in [-0.05, 0) is 18.9 Å². The second-order valence-corrected chi connectivity index (χ2v) is 6.03. The minimum Gasteiger partial charge on any atom is -0.346 e. The van der Waals surface area contributed by atoms with Crippen molar-refractivity contribution >= 4 is 16.6 Å². The van der Waals surface area contributed by atoms with Crippen molar-refractivity contribution in [3.05, 3.63) is 42.6 Å². The molecule has 3 aromatic rings. The first-order valence-corrected chi connectivity index (χ1v) is 7.79. The van der Waals surface area contributed by atoms with Crippen molar-refractivity contribution < 1.29 is 0 Å². The summed E-state index contributed by atoms with van der Waals surface area (Å²) < 4.78 is 1.82. The third kappa shape index (κ3) is 2.53. The Hall–Kier alpha value is -2.54. The largest absolute Gasteiger partial charge is 0.346 e. The number of anilines is 1. The summed E-state index contributed by atoms with van der Waals surface area (Å²) in [6, 6.07) is 4.21. The van der Waals surface area contributed by atoms with E-state index >= 15 is 0 Å². The molecule has 0 saturated carbocycles. The van der Waals surface area contributed by atoms with Crippen LogP contribution in [-0.2, 0) is 7.05 Å². The fourth-order valence-corrected chi connectivity index (χ4v) is 3.27. The number of hydrogen-bond acceptors (Lipinski definition) is 6. The Morgan fingerprint density at radius 3 is 3.00 bits per heavy atom. The molecule has 1 saturated heterocycles. The van der Waals surface area contributed by atoms with Gasteiger partial charge in [-0.25, -0.2) is 0 Å². The molecule has 0 bridgehead atoms. The number of fused-ring (bicyclic) bond motifs is 1. The van der Waals surface area contributed by atoms with Crippen molar-refractivity contribution in [3.63, 3.8) is 0 Å². The Balaban J connectivity index is 1.81. The van der Waals surface area contributed by atoms with E-state index in [2.05, 4.69) is 25.2 Å². The third-order valence-corrected chi connectivity index (χ3v) is 4.45. The fourth-order valence-electron chi connectivity index (χ4n) is 3.27. The van der Waals surface area contributed by atoms with E-state index < -0.39 is 0 Å². The molecule has 2 unspecified atom stereocenters. The summed E-state index contributed by atoms with van der Waals surface area (Å²) >= 11 is 0. The number of aromatic nitrogens is 5. The van der Waals surface area contributed by atoms with E-state index in [9.17, 15) is 0 Å². The molecule has 7 nitrogen and oxygen atoms in total. The van der Waals surface area contributed by atoms with Gasteiger partial charge >= 0.3 is 0 Å². The molecule has 23 heavy (non-hydrogen) atoms. The van der Waals surface area contributed by atoms with E-state index in [4.69, 9.17) is 5.73 Å². The van der Waals surface area contributed by atoms with Gasteiger partial charge in [0.15, 0.2) is 5.82 Å². The topological polar surface area (TPSA) is 85.8 Å². The fraction of sp³-hybridized carbons (Fsp3) is 0.375. The van der Waals surface area contributed by atoms with Crippen LogP contribution >= 0.6 is 0 Å². The molecule has 0 amide bonds. The molecule has 0 radical (unpaired) electrons. The predicted molar refractivity (Wildman–Crippen MR) is 87.8 cm³/mol. The minimum atomic E-state index is 0.0639. The number of hydrogen-bond donors (Lipinski definition) is 1. The second-order valence-electron chi connectivity index (χ2n) is 6.03. The van der Waals surface area contributed by atoms with E-state index in [1.54, 1.807) is 12.4 Å². The van der Waals surface area contributed by atoms with Gasteiger partial charge < -0.3 is 10.6 Å². The highest BCUT2D eigenvalue weighted by Gasteiger charge is 2.31. The van der Waals surface area contributed by atoms with Gasteiger partial charge in [-0.3, -0.25) is 9.67 Å². The summed E-state index contributed by atoms with van der Waals surface area (Å²) in [7, 11) is 1.93. The molecule has 4 heterocycles. The first kappa shape index (κ1) is 14.1. The molecule has 2 N–H and O–H groups in total. The van der Waals surface area contributed by atoms with Crippen LogP contribution in [0, 0.1) is 0 Å². The van der Waals surface area contributed by atoms with Crippen molar-refractivity contribution in [2.24, 2.45) is 12.8 Å². The molecule has 0 aromatic carbocycles. The summed E-state index contributed by atoms with van der Waals surface area (Å²) in [5, 5.41) is 15.2. The van der Waals surface area contributed by atoms with Gasteiger partial charge in [0.2, 0.25) is 0 Å². The number of nitrogens with zero attached hydrogens (tertiary/aromatic N) is 6. The minimum absolute atomic E-state index is 0.0639. The normalized spacial score (nSPS) is 21.7. The van der Waals surface area contributed by atoms with Crippen molar-refractivity contribution in [3.8, 4) is 0 Å². The molecule has 4 rings (SSSR count). The molecule has 1 aliphatic heterocycles. The van der Waals surface area contributed by atoms with Gasteiger partial charge in [-0.15, -0.1) is 0 Å². The monoisotopic (exact) mass is 309 g/mol. The Kier molecular flexibility index (Phi) is 3.42. The standard InChI is InChI=1S/C16H19N7/c1-22-6-4-15(21-22)23-7-3-12(17)8-14(23)16-13-10-18-5-2-11(13)9-19-20-16/h2,4-6,9-10,12,14H,3,7-8,17H2,1H3. The number of pyridine rings is 1. The van der Waals surface area contributed by atoms with Crippen molar-refractivity contribution in [2.75, 3.05) is 11.4 Å². The summed E-state index contributed by atoms with van der Waals surface area (Å²) in [4.78, 5) is 6.53. The van der Waals surface area contributed by atoms with E-state index in [1.165, 1.54) is 0 Å². The van der Waals surface area contributed by atoms with Gasteiger partial charge in [-0.1, -0.05) is 0 Å². The highest BCUT2D eigenvalue weighted by molar-refractivity contribution is 5.83. The van der Waals surface area contributed by atoms with Crippen molar-refractivity contribution in [2.45, 2.75) is 24.9 Å². The SMILES string of the molecule is Cn1ccc(N2CCC(N)CC2c2nncc3ccncc23)n1. The number of rotatable bonds is 2. The molecule has 118 valence electrons. The smallest absolute Gasteiger partial charge is 0.151 e. The molecule has 1 aliphatic rings. The summed E-state index contributed by atoms with van der Waals surface area (Å²) in [5.74, 6) is 0.951. The van der Waals surface area contributed by atoms with E-state index in [-0.39, 0.29) is 12.1 Å². The molecule has 3 aromatic heterocycles. The van der Waals surface area contributed by atoms with Crippen LogP contribution in [0.25, 0.3) is 10.8 Å². The lowest BCUT2D eigenvalue weighted by molar-refractivity contribution is 0.410. The molecular formula is C16H19N7. The van der Waals surface area contributed by atoms with Crippen molar-refractivity contribution in [1.29, 1.82) is 0 Å². The van der Waals surface area contributed by atoms with Crippen molar-refractivity contribution in [1.82, 2.24) is 25.0 Å². The number of nitrogens with two attached hydrogens (primary N) is 1. The second kappa shape index (κ2) is 5.58. The molecule has 2 atom stereocenters. The van der Waals surface area contributed by atoms with Crippen LogP contribution in [0.4, 0.5) is 5.82 Å². The lowest BCUT2D eigenvalue weighted by Crippen LogP contribution is -2.43. The first-order valence-electron chi connectivity index (χ1n) is 7.79. The van der Waals surface area contributed by atoms with Crippen LogP contribution in [0.1, 0.15) is 24.6 Å². The van der Waals surface area contributed by atoms with Crippen LogP contribution in [0.15, 0.2) is 36.9 Å². The maximum absolute atomic E-state index is 6.24. The van der Waals surface area contributed by atoms with Crippen LogP contribution < -0.4 is 10.6 Å². The zero-order valence-electron chi connectivity index (χ0n) is 13.0. The predicted octanol–water partition coefficient (Wildman–Crippen LogP) is 1.43. The molecule has 1 fully saturated rings. The third-order valence-electron chi connectivity index (χ3n) is 4.45. The van der Waals surface area contributed by atoms with E-state index in [1.807, 2.05) is 36.3 Å². The highest BCUT2D eigenvalue weighted by Crippen LogP contribution is 2.35. The summed E-state index contributed by atoms with van der Waals surface area (Å²) in [6.07, 6.45) is 9.14. The first-order chi connectivity index (χ1) is 11.2. The lowest BCUT2D eigenvalue weighted by Gasteiger charge is -2.38. The zero-order valence-corrected chi connectivity index (χ0v) is 13.0. The lowest BCUT2D eigenvalue weighted by atomic mass is 9.93. The number of piperidine rings is 1. The Morgan fingerprint density at radius 2 is 2.17 bits per heavy atom. The van der Waals surface area contributed by atoms with Crippen LogP contribution in [0.3, 0.4) is 0 Å². The van der Waals surface area contributed by atoms with Gasteiger partial charge in [0, 0.05) is 55.1 Å². The van der Waals surface area contributed by atoms with Crippen LogP contribution in [-0.4, -0.2) is 37.5 Å². The Bertz CT molecular complexity index is 823. The van der Waals surface area contributed by atoms with Crippen LogP contribution in [0.5, 0.6) is 0 Å². The molecule has 0 spiro atoms. The van der Waals surface area contributed by atoms with Gasteiger partial charge in [-0.2, -0.15) is 15.3 Å². The average Bonchev–Trinajstić information content (AvgIpc) is 3.00. The van der Waals surface area contributed by atoms with Gasteiger partial charge in [0.25, 0.3) is 0 Å². The van der Waals surface area contributed by atoms with Gasteiger partial charge in [0.05, 0.1) is 17.9 Å². The van der Waals surface area contributed by atoms with E-state index in [0.717, 1.165) is 41.7 Å². The van der Waals surface area contributed by atoms with Gasteiger partial charge in [0.1, 0.15) is 0 Å². The summed E-state index contributed by atoms with van der Waals surface area (Å²) in [6.45, 7) is 0.862. The average molecular weight is 309 g/mol. The van der Waals surface area contributed by atoms with Crippen LogP contribution in [0.2, 0.25) is 0 Å². The zero-order chi connectivity index (χ0) is 15.8. The number of aryl methyl sites for hydroxylation is 1. The molecular weight excluding hydrogens is 290 g/mol. The highest BCUT2D eigenvalue weighted by atomic mass is 15.4. The molecule has 7 heteroatoms. The van der Waals surface area contributed by atoms with E-state index in [0.29, 0.717) is 0 Å². The Morgan fingerprint density at radius 1 is 1.26 bits per heavy atom. The molecule has 0 aliphatic carbocycles. The summed E-state index contributed by atoms with van der Waals surface area (Å²) in [5.41, 5.74) is 7.16. The maximum atomic E-state index is 6.24.